The zero-order valence-electron chi connectivity index (χ0n) is 17.7. The molecule has 0 amide bonds. The van der Waals surface area contributed by atoms with Crippen molar-refractivity contribution in [3.63, 3.8) is 0 Å². The van der Waals surface area contributed by atoms with Gasteiger partial charge in [-0.2, -0.15) is 0 Å². The van der Waals surface area contributed by atoms with E-state index in [2.05, 4.69) is 53.3 Å². The van der Waals surface area contributed by atoms with Gasteiger partial charge < -0.3 is 5.41 Å². The molecule has 30 heavy (non-hydrogen) atoms. The van der Waals surface area contributed by atoms with E-state index >= 15 is 0 Å². The highest BCUT2D eigenvalue weighted by Gasteiger charge is 2.29. The zero-order valence-corrected chi connectivity index (χ0v) is 17.7. The number of nitrogens with zero attached hydrogens (tertiary/aromatic N) is 4. The van der Waals surface area contributed by atoms with Crippen LogP contribution in [0.5, 0.6) is 0 Å². The molecule has 1 saturated carbocycles. The molecule has 1 aromatic carbocycles. The van der Waals surface area contributed by atoms with Gasteiger partial charge >= 0.3 is 0 Å². The van der Waals surface area contributed by atoms with Gasteiger partial charge in [0.25, 0.3) is 0 Å². The highest BCUT2D eigenvalue weighted by atomic mass is 15.2. The Labute approximate surface area is 178 Å². The third kappa shape index (κ3) is 3.50. The molecule has 1 N–H and O–H groups in total. The Balaban J connectivity index is 1.49. The van der Waals surface area contributed by atoms with Gasteiger partial charge in [-0.05, 0) is 67.1 Å². The van der Waals surface area contributed by atoms with Gasteiger partial charge in [0.1, 0.15) is 0 Å². The number of aliphatic imine (C=N–C) groups is 2. The average Bonchev–Trinajstić information content (AvgIpc) is 3.64. The minimum atomic E-state index is 0.870. The summed E-state index contributed by atoms with van der Waals surface area (Å²) in [5, 5.41) is 7.67. The summed E-state index contributed by atoms with van der Waals surface area (Å²) in [6.07, 6.45) is 13.3. The second-order valence-electron chi connectivity index (χ2n) is 8.22. The smallest absolute Gasteiger partial charge is 0.156 e. The van der Waals surface area contributed by atoms with Crippen LogP contribution in [0.3, 0.4) is 0 Å². The molecular formula is C25H27N5. The number of benzene rings is 1. The SMILES string of the molecule is CCN1CC=C(C2=CN3C(=NC(c4ccc(C)c(C=N)c4)=CC3=C3CC3)C=N2)CC1. The molecule has 4 aliphatic rings. The summed E-state index contributed by atoms with van der Waals surface area (Å²) in [5.41, 5.74) is 9.12. The molecule has 5 nitrogen and oxygen atoms in total. The molecule has 0 atom stereocenters. The van der Waals surface area contributed by atoms with E-state index in [9.17, 15) is 0 Å². The van der Waals surface area contributed by atoms with Gasteiger partial charge in [0.05, 0.1) is 17.6 Å². The fourth-order valence-corrected chi connectivity index (χ4v) is 4.13. The van der Waals surface area contributed by atoms with Crippen LogP contribution in [0.25, 0.3) is 5.70 Å². The fraction of sp³-hybridized carbons (Fsp3) is 0.320. The number of likely N-dealkylation sites (N-methyl/N-ethyl adjacent to an activating group) is 1. The van der Waals surface area contributed by atoms with Crippen molar-refractivity contribution in [1.29, 1.82) is 5.41 Å². The van der Waals surface area contributed by atoms with Crippen molar-refractivity contribution in [2.24, 2.45) is 9.98 Å². The molecule has 0 radical (unpaired) electrons. The number of hydrogen-bond acceptors (Lipinski definition) is 5. The summed E-state index contributed by atoms with van der Waals surface area (Å²) >= 11 is 0. The Morgan fingerprint density at radius 1 is 1.17 bits per heavy atom. The lowest BCUT2D eigenvalue weighted by Crippen LogP contribution is -2.32. The van der Waals surface area contributed by atoms with Crippen molar-refractivity contribution in [2.75, 3.05) is 19.6 Å². The van der Waals surface area contributed by atoms with Gasteiger partial charge in [0, 0.05) is 36.8 Å². The number of rotatable bonds is 4. The van der Waals surface area contributed by atoms with Crippen LogP contribution >= 0.6 is 0 Å². The van der Waals surface area contributed by atoms with E-state index in [1.54, 1.807) is 0 Å². The normalized spacial score (nSPS) is 20.9. The Bertz CT molecular complexity index is 1090. The number of amidine groups is 1. The third-order valence-electron chi connectivity index (χ3n) is 6.25. The summed E-state index contributed by atoms with van der Waals surface area (Å²) < 4.78 is 0. The second kappa shape index (κ2) is 7.65. The monoisotopic (exact) mass is 397 g/mol. The molecule has 5 heteroatoms. The van der Waals surface area contributed by atoms with Crippen LogP contribution in [0.4, 0.5) is 0 Å². The summed E-state index contributed by atoms with van der Waals surface area (Å²) in [5.74, 6) is 0.870. The fourth-order valence-electron chi connectivity index (χ4n) is 4.13. The van der Waals surface area contributed by atoms with Gasteiger partial charge in [0.2, 0.25) is 0 Å². The first-order valence-electron chi connectivity index (χ1n) is 10.8. The highest BCUT2D eigenvalue weighted by molar-refractivity contribution is 6.32. The van der Waals surface area contributed by atoms with E-state index in [1.807, 2.05) is 13.1 Å². The number of aryl methyl sites for hydroxylation is 1. The lowest BCUT2D eigenvalue weighted by molar-refractivity contribution is 0.311. The Morgan fingerprint density at radius 2 is 2.03 bits per heavy atom. The second-order valence-corrected chi connectivity index (χ2v) is 8.22. The topological polar surface area (TPSA) is 55.0 Å². The maximum absolute atomic E-state index is 7.67. The van der Waals surface area contributed by atoms with Crippen molar-refractivity contribution in [1.82, 2.24) is 9.80 Å². The molecule has 1 aliphatic carbocycles. The standard InChI is InChI=1S/C25H27N5/c1-3-29-10-8-18(9-11-29)23-16-30-24(19-6-7-19)13-22(28-25(30)15-27-23)20-5-4-17(2)21(12-20)14-26/h4-5,8,12-16,26H,3,6-7,9-11H2,1-2H3. The highest BCUT2D eigenvalue weighted by Crippen LogP contribution is 2.39. The van der Waals surface area contributed by atoms with Gasteiger partial charge in [-0.3, -0.25) is 14.8 Å². The number of hydrogen-bond donors (Lipinski definition) is 1. The van der Waals surface area contributed by atoms with Gasteiger partial charge in [-0.25, -0.2) is 4.99 Å². The molecule has 3 heterocycles. The molecule has 0 unspecified atom stereocenters. The predicted molar refractivity (Wildman–Crippen MR) is 124 cm³/mol. The van der Waals surface area contributed by atoms with E-state index in [4.69, 9.17) is 15.4 Å². The molecule has 1 fully saturated rings. The van der Waals surface area contributed by atoms with Crippen molar-refractivity contribution in [3.05, 3.63) is 75.8 Å². The first-order valence-corrected chi connectivity index (χ1v) is 10.8. The van der Waals surface area contributed by atoms with Crippen molar-refractivity contribution in [3.8, 4) is 0 Å². The number of allylic oxidation sites excluding steroid dienone is 3. The molecular weight excluding hydrogens is 370 g/mol. The van der Waals surface area contributed by atoms with Crippen LogP contribution in [0.1, 0.15) is 42.9 Å². The van der Waals surface area contributed by atoms with Crippen LogP contribution < -0.4 is 0 Å². The number of fused-ring (bicyclic) bond motifs is 1. The molecule has 0 bridgehead atoms. The maximum Gasteiger partial charge on any atom is 0.156 e. The average molecular weight is 398 g/mol. The van der Waals surface area contributed by atoms with Crippen molar-refractivity contribution < 1.29 is 0 Å². The summed E-state index contributed by atoms with van der Waals surface area (Å²) in [6.45, 7) is 7.43. The summed E-state index contributed by atoms with van der Waals surface area (Å²) in [6, 6.07) is 6.21. The summed E-state index contributed by atoms with van der Waals surface area (Å²) in [4.78, 5) is 14.3. The minimum absolute atomic E-state index is 0.870. The zero-order chi connectivity index (χ0) is 20.7. The molecule has 5 rings (SSSR count). The Morgan fingerprint density at radius 3 is 2.73 bits per heavy atom. The largest absolute Gasteiger partial charge is 0.308 e. The molecule has 152 valence electrons. The van der Waals surface area contributed by atoms with Crippen molar-refractivity contribution in [2.45, 2.75) is 33.1 Å². The predicted octanol–water partition coefficient (Wildman–Crippen LogP) is 4.67. The van der Waals surface area contributed by atoms with Crippen LogP contribution in [0.15, 0.2) is 69.1 Å². The lowest BCUT2D eigenvalue weighted by atomic mass is 10.0. The Hall–Kier alpha value is -3.05. The van der Waals surface area contributed by atoms with Crippen LogP contribution in [0.2, 0.25) is 0 Å². The van der Waals surface area contributed by atoms with E-state index < -0.39 is 0 Å². The van der Waals surface area contributed by atoms with Gasteiger partial charge in [0.15, 0.2) is 5.84 Å². The minimum Gasteiger partial charge on any atom is -0.308 e. The van der Waals surface area contributed by atoms with Crippen molar-refractivity contribution >= 4 is 24.0 Å². The molecule has 1 aromatic rings. The van der Waals surface area contributed by atoms with Crippen LogP contribution in [-0.4, -0.2) is 47.7 Å². The van der Waals surface area contributed by atoms with E-state index in [0.29, 0.717) is 0 Å². The molecule has 3 aliphatic heterocycles. The van der Waals surface area contributed by atoms with E-state index in [-0.39, 0.29) is 0 Å². The lowest BCUT2D eigenvalue weighted by Gasteiger charge is -2.31. The van der Waals surface area contributed by atoms with Gasteiger partial charge in [-0.15, -0.1) is 0 Å². The van der Waals surface area contributed by atoms with Crippen LogP contribution in [0, 0.1) is 12.3 Å². The molecule has 0 spiro atoms. The molecule has 0 aromatic heterocycles. The first-order chi connectivity index (χ1) is 14.7. The maximum atomic E-state index is 7.67. The molecule has 0 saturated heterocycles. The van der Waals surface area contributed by atoms with Gasteiger partial charge in [-0.1, -0.05) is 25.1 Å². The quantitative estimate of drug-likeness (QED) is 0.751. The number of nitrogens with one attached hydrogen (secondary N) is 1. The van der Waals surface area contributed by atoms with E-state index in [0.717, 1.165) is 72.8 Å². The van der Waals surface area contributed by atoms with E-state index in [1.165, 1.54) is 23.1 Å². The van der Waals surface area contributed by atoms with Crippen LogP contribution in [-0.2, 0) is 0 Å². The summed E-state index contributed by atoms with van der Waals surface area (Å²) in [7, 11) is 0. The first kappa shape index (κ1) is 18.9. The third-order valence-corrected chi connectivity index (χ3v) is 6.25. The Kier molecular flexibility index (Phi) is 4.83.